The molecule has 0 aliphatic carbocycles. The second kappa shape index (κ2) is 10.9. The van der Waals surface area contributed by atoms with Crippen LogP contribution in [0.3, 0.4) is 0 Å². The van der Waals surface area contributed by atoms with Crippen LogP contribution in [0.1, 0.15) is 34.0 Å². The van der Waals surface area contributed by atoms with Crippen LogP contribution in [0.4, 0.5) is 0 Å². The predicted octanol–water partition coefficient (Wildman–Crippen LogP) is 4.67. The molecular formula is C25H24N2O5. The van der Waals surface area contributed by atoms with E-state index in [2.05, 4.69) is 11.1 Å². The Balaban J connectivity index is 1.95. The van der Waals surface area contributed by atoms with Crippen molar-refractivity contribution in [3.63, 3.8) is 0 Å². The van der Waals surface area contributed by atoms with Crippen LogP contribution in [-0.4, -0.2) is 31.5 Å². The third kappa shape index (κ3) is 5.42. The number of carbonyl (C=O) groups is 1. The van der Waals surface area contributed by atoms with Crippen LogP contribution in [-0.2, 0) is 16.1 Å². The van der Waals surface area contributed by atoms with Gasteiger partial charge in [0.1, 0.15) is 24.0 Å². The highest BCUT2D eigenvalue weighted by Crippen LogP contribution is 2.32. The normalized spacial score (nSPS) is 10.3. The van der Waals surface area contributed by atoms with Crippen molar-refractivity contribution >= 4 is 5.97 Å². The minimum Gasteiger partial charge on any atom is -0.487 e. The zero-order valence-electron chi connectivity index (χ0n) is 18.3. The van der Waals surface area contributed by atoms with E-state index in [1.54, 1.807) is 19.1 Å². The van der Waals surface area contributed by atoms with Crippen molar-refractivity contribution in [1.82, 2.24) is 4.98 Å². The predicted molar refractivity (Wildman–Crippen MR) is 118 cm³/mol. The van der Waals surface area contributed by atoms with Crippen LogP contribution < -0.4 is 9.47 Å². The fraction of sp³-hybridized carbons (Fsp3) is 0.240. The van der Waals surface area contributed by atoms with Crippen LogP contribution in [0.15, 0.2) is 54.7 Å². The number of rotatable bonds is 9. The fourth-order valence-corrected chi connectivity index (χ4v) is 3.13. The van der Waals surface area contributed by atoms with E-state index in [1.807, 2.05) is 43.3 Å². The van der Waals surface area contributed by atoms with Gasteiger partial charge in [0.15, 0.2) is 12.5 Å². The van der Waals surface area contributed by atoms with Gasteiger partial charge in [-0.1, -0.05) is 30.3 Å². The molecule has 3 rings (SSSR count). The van der Waals surface area contributed by atoms with Crippen molar-refractivity contribution in [2.24, 2.45) is 0 Å². The van der Waals surface area contributed by atoms with Crippen molar-refractivity contribution in [2.75, 3.05) is 20.5 Å². The summed E-state index contributed by atoms with van der Waals surface area (Å²) >= 11 is 0. The zero-order chi connectivity index (χ0) is 22.9. The van der Waals surface area contributed by atoms with Crippen molar-refractivity contribution in [1.29, 1.82) is 5.26 Å². The average molecular weight is 432 g/mol. The van der Waals surface area contributed by atoms with Gasteiger partial charge in [-0.3, -0.25) is 4.98 Å². The number of benzene rings is 2. The summed E-state index contributed by atoms with van der Waals surface area (Å²) in [6.07, 6.45) is 1.45. The monoisotopic (exact) mass is 432 g/mol. The smallest absolute Gasteiger partial charge is 0.342 e. The van der Waals surface area contributed by atoms with E-state index in [4.69, 9.17) is 18.9 Å². The van der Waals surface area contributed by atoms with Gasteiger partial charge < -0.3 is 18.9 Å². The van der Waals surface area contributed by atoms with E-state index < -0.39 is 5.97 Å². The molecule has 2 aromatic carbocycles. The minimum absolute atomic E-state index is 0.0292. The van der Waals surface area contributed by atoms with Gasteiger partial charge in [-0.25, -0.2) is 4.79 Å². The summed E-state index contributed by atoms with van der Waals surface area (Å²) < 4.78 is 21.4. The number of aryl methyl sites for hydroxylation is 1. The van der Waals surface area contributed by atoms with E-state index in [0.29, 0.717) is 29.2 Å². The van der Waals surface area contributed by atoms with Gasteiger partial charge in [0.25, 0.3) is 0 Å². The molecule has 0 saturated carbocycles. The first-order valence-corrected chi connectivity index (χ1v) is 10.1. The second-order valence-electron chi connectivity index (χ2n) is 6.89. The van der Waals surface area contributed by atoms with Gasteiger partial charge in [-0.15, -0.1) is 0 Å². The van der Waals surface area contributed by atoms with Crippen molar-refractivity contribution in [2.45, 2.75) is 20.5 Å². The molecule has 0 spiro atoms. The third-order valence-electron chi connectivity index (χ3n) is 4.61. The minimum atomic E-state index is -0.526. The summed E-state index contributed by atoms with van der Waals surface area (Å²) in [7, 11) is 1.49. The topological polar surface area (TPSA) is 90.7 Å². The Hall–Kier alpha value is -3.89. The van der Waals surface area contributed by atoms with Crippen LogP contribution >= 0.6 is 0 Å². The number of nitriles is 1. The number of nitrogens with zero attached hydrogens (tertiary/aromatic N) is 2. The number of pyridine rings is 1. The lowest BCUT2D eigenvalue weighted by Gasteiger charge is -2.14. The molecule has 0 radical (unpaired) electrons. The van der Waals surface area contributed by atoms with Gasteiger partial charge in [0.2, 0.25) is 0 Å². The quantitative estimate of drug-likeness (QED) is 0.358. The number of esters is 1. The highest BCUT2D eigenvalue weighted by atomic mass is 16.7. The number of hydrogen-bond acceptors (Lipinski definition) is 7. The lowest BCUT2D eigenvalue weighted by molar-refractivity contribution is 0.0436. The van der Waals surface area contributed by atoms with Gasteiger partial charge >= 0.3 is 5.97 Å². The zero-order valence-corrected chi connectivity index (χ0v) is 18.3. The first-order chi connectivity index (χ1) is 15.6. The third-order valence-corrected chi connectivity index (χ3v) is 4.61. The molecule has 0 atom stereocenters. The standard InChI is InChI=1S/C25H24N2O5/c1-4-30-25(28)21-12-22(27-14-23(21)32-16-29-3)19-10-17(2)24(20(11-19)13-26)31-15-18-8-6-5-7-9-18/h5-12,14H,4,15-16H2,1-3H3. The molecule has 0 N–H and O–H groups in total. The molecule has 0 bridgehead atoms. The molecule has 0 fully saturated rings. The molecule has 1 aromatic heterocycles. The van der Waals surface area contributed by atoms with E-state index in [-0.39, 0.29) is 24.7 Å². The summed E-state index contributed by atoms with van der Waals surface area (Å²) in [5, 5.41) is 9.71. The van der Waals surface area contributed by atoms with Gasteiger partial charge in [-0.2, -0.15) is 5.26 Å². The van der Waals surface area contributed by atoms with Crippen molar-refractivity contribution in [3.05, 3.63) is 77.0 Å². The largest absolute Gasteiger partial charge is 0.487 e. The summed E-state index contributed by atoms with van der Waals surface area (Å²) in [4.78, 5) is 16.8. The Morgan fingerprint density at radius 1 is 1.12 bits per heavy atom. The maximum absolute atomic E-state index is 12.4. The highest BCUT2D eigenvalue weighted by Gasteiger charge is 2.18. The van der Waals surface area contributed by atoms with Crippen LogP contribution in [0.5, 0.6) is 11.5 Å². The Morgan fingerprint density at radius 2 is 1.91 bits per heavy atom. The van der Waals surface area contributed by atoms with E-state index in [1.165, 1.54) is 13.3 Å². The van der Waals surface area contributed by atoms with Crippen LogP contribution in [0.2, 0.25) is 0 Å². The molecule has 32 heavy (non-hydrogen) atoms. The first kappa shape index (κ1) is 22.8. The summed E-state index contributed by atoms with van der Waals surface area (Å²) in [5.41, 5.74) is 3.59. The number of methoxy groups -OCH3 is 1. The molecule has 0 unspecified atom stereocenters. The molecule has 0 amide bonds. The lowest BCUT2D eigenvalue weighted by atomic mass is 10.0. The Morgan fingerprint density at radius 3 is 2.59 bits per heavy atom. The molecule has 3 aromatic rings. The Kier molecular flexibility index (Phi) is 7.79. The highest BCUT2D eigenvalue weighted by molar-refractivity contribution is 5.93. The molecule has 1 heterocycles. The van der Waals surface area contributed by atoms with E-state index in [0.717, 1.165) is 11.1 Å². The average Bonchev–Trinajstić information content (AvgIpc) is 2.82. The molecule has 164 valence electrons. The second-order valence-corrected chi connectivity index (χ2v) is 6.89. The number of ether oxygens (including phenoxy) is 4. The maximum atomic E-state index is 12.4. The first-order valence-electron chi connectivity index (χ1n) is 10.1. The Labute approximate surface area is 187 Å². The Bertz CT molecular complexity index is 1120. The molecule has 0 aliphatic heterocycles. The van der Waals surface area contributed by atoms with Gasteiger partial charge in [-0.05, 0) is 43.2 Å². The maximum Gasteiger partial charge on any atom is 0.342 e. The summed E-state index contributed by atoms with van der Waals surface area (Å²) in [5.74, 6) is 0.252. The SMILES string of the molecule is CCOC(=O)c1cc(-c2cc(C)c(OCc3ccccc3)c(C#N)c2)ncc1OCOC. The van der Waals surface area contributed by atoms with Crippen molar-refractivity contribution < 1.29 is 23.7 Å². The van der Waals surface area contributed by atoms with E-state index >= 15 is 0 Å². The van der Waals surface area contributed by atoms with Crippen LogP contribution in [0, 0.1) is 18.3 Å². The van der Waals surface area contributed by atoms with E-state index in [9.17, 15) is 10.1 Å². The molecule has 7 nitrogen and oxygen atoms in total. The lowest BCUT2D eigenvalue weighted by Crippen LogP contribution is -2.10. The molecule has 7 heteroatoms. The summed E-state index contributed by atoms with van der Waals surface area (Å²) in [6, 6.07) is 17.1. The van der Waals surface area contributed by atoms with Crippen LogP contribution in [0.25, 0.3) is 11.3 Å². The van der Waals surface area contributed by atoms with Gasteiger partial charge in [0.05, 0.1) is 24.1 Å². The number of hydrogen-bond donors (Lipinski definition) is 0. The number of carbonyl (C=O) groups excluding carboxylic acids is 1. The number of aromatic nitrogens is 1. The summed E-state index contributed by atoms with van der Waals surface area (Å²) in [6.45, 7) is 4.15. The molecule has 0 aliphatic rings. The van der Waals surface area contributed by atoms with Crippen molar-refractivity contribution in [3.8, 4) is 28.8 Å². The molecular weight excluding hydrogens is 408 g/mol. The fourth-order valence-electron chi connectivity index (χ4n) is 3.13. The molecule has 0 saturated heterocycles. The van der Waals surface area contributed by atoms with Gasteiger partial charge in [0, 0.05) is 12.7 Å².